The largest absolute Gasteiger partial charge is 0.339 e. The monoisotopic (exact) mass is 415 g/mol. The molecule has 5 nitrogen and oxygen atoms in total. The Morgan fingerprint density at radius 2 is 2.11 bits per heavy atom. The first-order valence-corrected chi connectivity index (χ1v) is 11.9. The zero-order valence-electron chi connectivity index (χ0n) is 16.1. The number of piperidine rings is 1. The van der Waals surface area contributed by atoms with E-state index in [-0.39, 0.29) is 11.5 Å². The maximum atomic E-state index is 13.1. The third kappa shape index (κ3) is 3.87. The van der Waals surface area contributed by atoms with Gasteiger partial charge in [-0.15, -0.1) is 11.8 Å². The molecule has 4 rings (SSSR count). The Bertz CT molecular complexity index is 914. The first-order valence-electron chi connectivity index (χ1n) is 9.95. The van der Waals surface area contributed by atoms with Crippen LogP contribution < -0.4 is 5.56 Å². The van der Waals surface area contributed by atoms with Gasteiger partial charge in [-0.1, -0.05) is 36.9 Å². The Morgan fingerprint density at radius 1 is 1.29 bits per heavy atom. The maximum absolute atomic E-state index is 13.1. The van der Waals surface area contributed by atoms with E-state index in [1.807, 2.05) is 35.2 Å². The Hall–Kier alpha value is -1.73. The van der Waals surface area contributed by atoms with E-state index in [0.717, 1.165) is 54.3 Å². The molecule has 2 aliphatic heterocycles. The van der Waals surface area contributed by atoms with Gasteiger partial charge in [-0.05, 0) is 37.8 Å². The van der Waals surface area contributed by atoms with Crippen molar-refractivity contribution >= 4 is 29.4 Å². The van der Waals surface area contributed by atoms with Crippen molar-refractivity contribution in [1.82, 2.24) is 14.5 Å². The molecule has 1 fully saturated rings. The Labute approximate surface area is 173 Å². The molecule has 1 amide bonds. The summed E-state index contributed by atoms with van der Waals surface area (Å²) in [5.74, 6) is 1.37. The SMILES string of the molecule is CCC1CCCCN1C(=O)CSc1nc2c(c(=O)n1-c1ccccc1)SCC2. The van der Waals surface area contributed by atoms with Gasteiger partial charge in [0.15, 0.2) is 5.16 Å². The van der Waals surface area contributed by atoms with E-state index < -0.39 is 0 Å². The lowest BCUT2D eigenvalue weighted by atomic mass is 10.0. The second-order valence-corrected chi connectivity index (χ2v) is 9.23. The number of fused-ring (bicyclic) bond motifs is 1. The van der Waals surface area contributed by atoms with Gasteiger partial charge >= 0.3 is 0 Å². The molecule has 0 bridgehead atoms. The van der Waals surface area contributed by atoms with Crippen LogP contribution in [0.2, 0.25) is 0 Å². The van der Waals surface area contributed by atoms with Crippen LogP contribution in [0.3, 0.4) is 0 Å². The smallest absolute Gasteiger partial charge is 0.272 e. The van der Waals surface area contributed by atoms with Crippen molar-refractivity contribution in [2.75, 3.05) is 18.1 Å². The van der Waals surface area contributed by atoms with E-state index in [9.17, 15) is 9.59 Å². The predicted octanol–water partition coefficient (Wildman–Crippen LogP) is 3.76. The highest BCUT2D eigenvalue weighted by Gasteiger charge is 2.27. The lowest BCUT2D eigenvalue weighted by molar-refractivity contribution is -0.132. The summed E-state index contributed by atoms with van der Waals surface area (Å²) in [6, 6.07) is 9.95. The second kappa shape index (κ2) is 8.74. The lowest BCUT2D eigenvalue weighted by Gasteiger charge is -2.35. The summed E-state index contributed by atoms with van der Waals surface area (Å²) < 4.78 is 1.67. The molecule has 0 radical (unpaired) electrons. The van der Waals surface area contributed by atoms with Crippen LogP contribution in [0.25, 0.3) is 5.69 Å². The van der Waals surface area contributed by atoms with Crippen LogP contribution in [-0.4, -0.2) is 44.5 Å². The molecule has 1 aromatic heterocycles. The van der Waals surface area contributed by atoms with Gasteiger partial charge in [0.2, 0.25) is 5.91 Å². The number of aryl methyl sites for hydroxylation is 1. The fourth-order valence-corrected chi connectivity index (χ4v) is 5.90. The number of benzene rings is 1. The van der Waals surface area contributed by atoms with Gasteiger partial charge < -0.3 is 4.90 Å². The molecule has 1 saturated heterocycles. The van der Waals surface area contributed by atoms with E-state index in [2.05, 4.69) is 6.92 Å². The van der Waals surface area contributed by atoms with Crippen LogP contribution >= 0.6 is 23.5 Å². The molecule has 1 aromatic carbocycles. The zero-order chi connectivity index (χ0) is 19.5. The van der Waals surface area contributed by atoms with Crippen molar-refractivity contribution in [3.63, 3.8) is 0 Å². The van der Waals surface area contributed by atoms with Crippen LogP contribution in [-0.2, 0) is 11.2 Å². The summed E-state index contributed by atoms with van der Waals surface area (Å²) >= 11 is 2.97. The third-order valence-corrected chi connectivity index (χ3v) is 7.45. The number of carbonyl (C=O) groups is 1. The molecule has 3 heterocycles. The fraction of sp³-hybridized carbons (Fsp3) is 0.476. The Kier molecular flexibility index (Phi) is 6.11. The molecule has 148 valence electrons. The van der Waals surface area contributed by atoms with E-state index >= 15 is 0 Å². The average molecular weight is 416 g/mol. The molecule has 1 unspecified atom stereocenters. The quantitative estimate of drug-likeness (QED) is 0.550. The number of nitrogens with zero attached hydrogens (tertiary/aromatic N) is 3. The highest BCUT2D eigenvalue weighted by atomic mass is 32.2. The number of hydrogen-bond acceptors (Lipinski definition) is 5. The van der Waals surface area contributed by atoms with Gasteiger partial charge in [-0.2, -0.15) is 0 Å². The minimum absolute atomic E-state index is 0.0157. The van der Waals surface area contributed by atoms with Crippen LogP contribution in [0, 0.1) is 0 Å². The number of likely N-dealkylation sites (tertiary alicyclic amines) is 1. The molecule has 7 heteroatoms. The van der Waals surface area contributed by atoms with Crippen LogP contribution in [0.5, 0.6) is 0 Å². The highest BCUT2D eigenvalue weighted by molar-refractivity contribution is 8.00. The minimum atomic E-state index is -0.0157. The van der Waals surface area contributed by atoms with Gasteiger partial charge in [0.05, 0.1) is 22.0 Å². The van der Waals surface area contributed by atoms with Crippen molar-refractivity contribution in [2.24, 2.45) is 0 Å². The van der Waals surface area contributed by atoms with Gasteiger partial charge in [-0.3, -0.25) is 14.2 Å². The molecular weight excluding hydrogens is 390 g/mol. The average Bonchev–Trinajstić information content (AvgIpc) is 3.21. The molecule has 0 aliphatic carbocycles. The highest BCUT2D eigenvalue weighted by Crippen LogP contribution is 2.30. The first kappa shape index (κ1) is 19.6. The summed E-state index contributed by atoms with van der Waals surface area (Å²) in [6.07, 6.45) is 5.19. The van der Waals surface area contributed by atoms with Crippen molar-refractivity contribution in [3.05, 3.63) is 46.4 Å². The van der Waals surface area contributed by atoms with Crippen LogP contribution in [0.4, 0.5) is 0 Å². The molecular formula is C21H25N3O2S2. The predicted molar refractivity (Wildman–Crippen MR) is 115 cm³/mol. The summed E-state index contributed by atoms with van der Waals surface area (Å²) in [7, 11) is 0. The number of thioether (sulfide) groups is 2. The number of para-hydroxylation sites is 1. The van der Waals surface area contributed by atoms with Crippen molar-refractivity contribution in [3.8, 4) is 5.69 Å². The molecule has 2 aliphatic rings. The zero-order valence-corrected chi connectivity index (χ0v) is 17.7. The third-order valence-electron chi connectivity index (χ3n) is 5.42. The van der Waals surface area contributed by atoms with Gasteiger partial charge in [0.25, 0.3) is 5.56 Å². The molecule has 1 atom stereocenters. The number of carbonyl (C=O) groups excluding carboxylic acids is 1. The Morgan fingerprint density at radius 3 is 2.89 bits per heavy atom. The van der Waals surface area contributed by atoms with Crippen molar-refractivity contribution < 1.29 is 4.79 Å². The molecule has 0 spiro atoms. The Balaban J connectivity index is 1.61. The van der Waals surface area contributed by atoms with E-state index in [1.165, 1.54) is 18.2 Å². The van der Waals surface area contributed by atoms with Crippen molar-refractivity contribution in [2.45, 2.75) is 55.1 Å². The van der Waals surface area contributed by atoms with Gasteiger partial charge in [0.1, 0.15) is 0 Å². The molecule has 28 heavy (non-hydrogen) atoms. The number of hydrogen-bond donors (Lipinski definition) is 0. The normalized spacial score (nSPS) is 18.9. The topological polar surface area (TPSA) is 55.2 Å². The summed E-state index contributed by atoms with van der Waals surface area (Å²) in [6.45, 7) is 2.99. The summed E-state index contributed by atoms with van der Waals surface area (Å²) in [5, 5.41) is 0.621. The van der Waals surface area contributed by atoms with Gasteiger partial charge in [-0.25, -0.2) is 4.98 Å². The summed E-state index contributed by atoms with van der Waals surface area (Å²) in [4.78, 5) is 33.6. The number of amides is 1. The van der Waals surface area contributed by atoms with E-state index in [1.54, 1.807) is 16.3 Å². The lowest BCUT2D eigenvalue weighted by Crippen LogP contribution is -2.44. The van der Waals surface area contributed by atoms with Crippen molar-refractivity contribution in [1.29, 1.82) is 0 Å². The maximum Gasteiger partial charge on any atom is 0.272 e. The molecule has 0 saturated carbocycles. The van der Waals surface area contributed by atoms with E-state index in [4.69, 9.17) is 4.98 Å². The van der Waals surface area contributed by atoms with E-state index in [0.29, 0.717) is 17.0 Å². The first-order chi connectivity index (χ1) is 13.7. The van der Waals surface area contributed by atoms with Gasteiger partial charge in [0, 0.05) is 24.8 Å². The minimum Gasteiger partial charge on any atom is -0.339 e. The molecule has 2 aromatic rings. The van der Waals surface area contributed by atoms with Crippen LogP contribution in [0.1, 0.15) is 38.3 Å². The standard InChI is InChI=1S/C21H25N3O2S2/c1-2-15-8-6-7-12-23(15)18(25)14-28-21-22-17-11-13-27-19(17)20(26)24(21)16-9-4-3-5-10-16/h3-5,9-10,15H,2,6-8,11-14H2,1H3. The number of aromatic nitrogens is 2. The fourth-order valence-electron chi connectivity index (χ4n) is 3.96. The summed E-state index contributed by atoms with van der Waals surface area (Å²) in [5.41, 5.74) is 1.66. The van der Waals surface area contributed by atoms with Crippen LogP contribution in [0.15, 0.2) is 45.2 Å². The number of rotatable bonds is 5. The second-order valence-electron chi connectivity index (χ2n) is 7.18. The molecule has 0 N–H and O–H groups in total.